The molecule has 0 aliphatic heterocycles. The minimum Gasteiger partial charge on any atom is -0.506 e. The van der Waals surface area contributed by atoms with E-state index in [9.17, 15) is 9.59 Å². The van der Waals surface area contributed by atoms with Crippen molar-refractivity contribution in [2.24, 2.45) is 0 Å². The van der Waals surface area contributed by atoms with E-state index in [1.165, 1.54) is 6.07 Å². The SMILES string of the molecule is O=C1C(Cl)=C(Cl)C(=O)c2ccccc21.Oc1cccc(Cl)c1Cl. The molecule has 3 rings (SSSR count). The average Bonchev–Trinajstić information content (AvgIpc) is 2.56. The maximum absolute atomic E-state index is 11.5. The Morgan fingerprint density at radius 2 is 1.17 bits per heavy atom. The van der Waals surface area contributed by atoms with Crippen LogP contribution in [0.3, 0.4) is 0 Å². The summed E-state index contributed by atoms with van der Waals surface area (Å²) in [5, 5.41) is 9.07. The number of Topliss-reactive ketones (excluding diaryl/α,β-unsaturated/α-hetero) is 2. The first kappa shape index (κ1) is 17.8. The Balaban J connectivity index is 0.000000185. The quantitative estimate of drug-likeness (QED) is 0.651. The van der Waals surface area contributed by atoms with Crippen molar-refractivity contribution in [2.45, 2.75) is 0 Å². The second-order valence-corrected chi connectivity index (χ2v) is 5.95. The number of carbonyl (C=O) groups excluding carboxylic acids is 2. The predicted molar refractivity (Wildman–Crippen MR) is 92.0 cm³/mol. The third-order valence-corrected chi connectivity index (χ3v) is 4.57. The number of benzene rings is 2. The molecule has 0 spiro atoms. The van der Waals surface area contributed by atoms with Crippen LogP contribution in [0.1, 0.15) is 20.7 Å². The van der Waals surface area contributed by atoms with Crippen LogP contribution in [0.4, 0.5) is 0 Å². The maximum atomic E-state index is 11.5. The molecule has 23 heavy (non-hydrogen) atoms. The van der Waals surface area contributed by atoms with Crippen molar-refractivity contribution < 1.29 is 14.7 Å². The summed E-state index contributed by atoms with van der Waals surface area (Å²) < 4.78 is 0. The molecule has 3 nitrogen and oxygen atoms in total. The topological polar surface area (TPSA) is 54.4 Å². The number of rotatable bonds is 0. The van der Waals surface area contributed by atoms with Gasteiger partial charge in [-0.2, -0.15) is 0 Å². The standard InChI is InChI=1S/C10H4Cl2O2.C6H4Cl2O/c11-7-8(12)10(14)6-4-2-1-3-5(6)9(7)13;7-4-2-1-3-5(9)6(4)8/h1-4H;1-3,9H. The monoisotopic (exact) mass is 388 g/mol. The molecular formula is C16H8Cl4O3. The van der Waals surface area contributed by atoms with Gasteiger partial charge in [0.15, 0.2) is 0 Å². The number of aromatic hydroxyl groups is 1. The van der Waals surface area contributed by atoms with E-state index >= 15 is 0 Å². The molecule has 0 amide bonds. The molecule has 0 fully saturated rings. The lowest BCUT2D eigenvalue weighted by Gasteiger charge is -2.12. The van der Waals surface area contributed by atoms with Gasteiger partial charge in [-0.15, -0.1) is 0 Å². The zero-order chi connectivity index (χ0) is 17.1. The van der Waals surface area contributed by atoms with Crippen molar-refractivity contribution in [2.75, 3.05) is 0 Å². The second kappa shape index (κ2) is 7.37. The van der Waals surface area contributed by atoms with Crippen LogP contribution in [0, 0.1) is 0 Å². The normalized spacial score (nSPS) is 13.4. The van der Waals surface area contributed by atoms with E-state index in [0.29, 0.717) is 16.1 Å². The number of hydrogen-bond acceptors (Lipinski definition) is 3. The second-order valence-electron chi connectivity index (χ2n) is 4.40. The van der Waals surface area contributed by atoms with Crippen LogP contribution in [-0.4, -0.2) is 16.7 Å². The van der Waals surface area contributed by atoms with E-state index in [2.05, 4.69) is 0 Å². The predicted octanol–water partition coefficient (Wildman–Crippen LogP) is 5.45. The largest absolute Gasteiger partial charge is 0.506 e. The number of hydrogen-bond donors (Lipinski definition) is 1. The van der Waals surface area contributed by atoms with Crippen LogP contribution in [0.2, 0.25) is 10.0 Å². The summed E-state index contributed by atoms with van der Waals surface area (Å²) in [6, 6.07) is 11.2. The van der Waals surface area contributed by atoms with Gasteiger partial charge in [0.2, 0.25) is 11.6 Å². The molecule has 1 N–H and O–H groups in total. The molecule has 0 bridgehead atoms. The van der Waals surface area contributed by atoms with Gasteiger partial charge in [-0.1, -0.05) is 76.7 Å². The van der Waals surface area contributed by atoms with E-state index in [0.717, 1.165) is 0 Å². The van der Waals surface area contributed by atoms with E-state index in [1.807, 2.05) is 0 Å². The summed E-state index contributed by atoms with van der Waals surface area (Å²) in [4.78, 5) is 23.1. The van der Waals surface area contributed by atoms with Crippen LogP contribution in [0.25, 0.3) is 0 Å². The molecule has 7 heteroatoms. The molecule has 118 valence electrons. The van der Waals surface area contributed by atoms with Crippen LogP contribution in [0.5, 0.6) is 5.75 Å². The number of halogens is 4. The highest BCUT2D eigenvalue weighted by Gasteiger charge is 2.29. The minimum absolute atomic E-state index is 0.0177. The molecule has 0 aromatic heterocycles. The molecule has 0 atom stereocenters. The summed E-state index contributed by atoms with van der Waals surface area (Å²) in [7, 11) is 0. The van der Waals surface area contributed by atoms with E-state index < -0.39 is 11.6 Å². The number of allylic oxidation sites excluding steroid dienone is 2. The third kappa shape index (κ3) is 3.70. The smallest absolute Gasteiger partial charge is 0.206 e. The Kier molecular flexibility index (Phi) is 5.71. The molecule has 1 aliphatic carbocycles. The highest BCUT2D eigenvalue weighted by Crippen LogP contribution is 2.30. The fourth-order valence-corrected chi connectivity index (χ4v) is 2.48. The fraction of sp³-hybridized carbons (Fsp3) is 0. The zero-order valence-electron chi connectivity index (χ0n) is 11.3. The van der Waals surface area contributed by atoms with Crippen LogP contribution in [-0.2, 0) is 0 Å². The lowest BCUT2D eigenvalue weighted by atomic mass is 9.95. The first-order valence-corrected chi connectivity index (χ1v) is 7.72. The van der Waals surface area contributed by atoms with Gasteiger partial charge in [0, 0.05) is 11.1 Å². The van der Waals surface area contributed by atoms with Crippen molar-refractivity contribution >= 4 is 58.0 Å². The Hall–Kier alpha value is -1.52. The number of fused-ring (bicyclic) bond motifs is 1. The van der Waals surface area contributed by atoms with Gasteiger partial charge < -0.3 is 5.11 Å². The number of carbonyl (C=O) groups is 2. The van der Waals surface area contributed by atoms with Crippen LogP contribution < -0.4 is 0 Å². The van der Waals surface area contributed by atoms with Crippen molar-refractivity contribution in [3.63, 3.8) is 0 Å². The molecule has 0 radical (unpaired) electrons. The highest BCUT2D eigenvalue weighted by atomic mass is 35.5. The average molecular weight is 390 g/mol. The molecule has 0 saturated heterocycles. The van der Waals surface area contributed by atoms with Gasteiger partial charge in [-0.3, -0.25) is 9.59 Å². The van der Waals surface area contributed by atoms with E-state index in [1.54, 1.807) is 36.4 Å². The molecule has 1 aliphatic rings. The third-order valence-electron chi connectivity index (χ3n) is 2.94. The number of phenolic OH excluding ortho intramolecular Hbond substituents is 1. The lowest BCUT2D eigenvalue weighted by molar-refractivity contribution is 0.0987. The summed E-state index contributed by atoms with van der Waals surface area (Å²) in [5.41, 5.74) is 0.624. The lowest BCUT2D eigenvalue weighted by Crippen LogP contribution is -2.17. The molecule has 0 saturated carbocycles. The number of ketones is 2. The molecule has 2 aromatic rings. The Morgan fingerprint density at radius 1 is 0.696 bits per heavy atom. The molecule has 0 unspecified atom stereocenters. The van der Waals surface area contributed by atoms with Crippen molar-refractivity contribution in [1.82, 2.24) is 0 Å². The fourth-order valence-electron chi connectivity index (χ4n) is 1.81. The van der Waals surface area contributed by atoms with Gasteiger partial charge in [0.05, 0.1) is 5.02 Å². The summed E-state index contributed by atoms with van der Waals surface area (Å²) >= 11 is 22.3. The first-order valence-electron chi connectivity index (χ1n) is 6.21. The molecule has 2 aromatic carbocycles. The molecular weight excluding hydrogens is 382 g/mol. The summed E-state index contributed by atoms with van der Waals surface area (Å²) in [6.07, 6.45) is 0. The van der Waals surface area contributed by atoms with E-state index in [4.69, 9.17) is 51.5 Å². The van der Waals surface area contributed by atoms with Crippen LogP contribution in [0.15, 0.2) is 52.5 Å². The van der Waals surface area contributed by atoms with Gasteiger partial charge in [-0.05, 0) is 12.1 Å². The van der Waals surface area contributed by atoms with Gasteiger partial charge in [0.1, 0.15) is 20.8 Å². The maximum Gasteiger partial charge on any atom is 0.206 e. The Morgan fingerprint density at radius 3 is 1.57 bits per heavy atom. The van der Waals surface area contributed by atoms with Crippen molar-refractivity contribution in [1.29, 1.82) is 0 Å². The van der Waals surface area contributed by atoms with Gasteiger partial charge in [0.25, 0.3) is 0 Å². The van der Waals surface area contributed by atoms with E-state index in [-0.39, 0.29) is 20.8 Å². The number of phenols is 1. The highest BCUT2D eigenvalue weighted by molar-refractivity contribution is 6.59. The Bertz CT molecular complexity index is 765. The van der Waals surface area contributed by atoms with Crippen molar-refractivity contribution in [3.8, 4) is 5.75 Å². The summed E-state index contributed by atoms with van der Waals surface area (Å²) in [6.45, 7) is 0. The first-order chi connectivity index (χ1) is 10.8. The zero-order valence-corrected chi connectivity index (χ0v) is 14.3. The summed E-state index contributed by atoms with van der Waals surface area (Å²) in [5.74, 6) is -0.775. The Labute approximate surface area is 152 Å². The van der Waals surface area contributed by atoms with Gasteiger partial charge in [-0.25, -0.2) is 0 Å². The van der Waals surface area contributed by atoms with Crippen LogP contribution >= 0.6 is 46.4 Å². The van der Waals surface area contributed by atoms with Crippen molar-refractivity contribution in [3.05, 3.63) is 73.7 Å². The van der Waals surface area contributed by atoms with Gasteiger partial charge >= 0.3 is 0 Å². The minimum atomic E-state index is -0.396. The molecule has 0 heterocycles.